The van der Waals surface area contributed by atoms with Gasteiger partial charge in [0.15, 0.2) is 6.04 Å². The summed E-state index contributed by atoms with van der Waals surface area (Å²) < 4.78 is 10.3. The number of nitrogens with one attached hydrogen (secondary N) is 2. The van der Waals surface area contributed by atoms with Crippen molar-refractivity contribution in [1.82, 2.24) is 10.3 Å². The molecule has 1 amide bonds. The highest BCUT2D eigenvalue weighted by Gasteiger charge is 2.34. The number of aromatic nitrogens is 1. The minimum absolute atomic E-state index is 0.310. The van der Waals surface area contributed by atoms with Crippen molar-refractivity contribution in [2.45, 2.75) is 38.5 Å². The van der Waals surface area contributed by atoms with Crippen molar-refractivity contribution in [2.24, 2.45) is 0 Å². The van der Waals surface area contributed by atoms with Crippen molar-refractivity contribution in [3.63, 3.8) is 0 Å². The molecule has 0 radical (unpaired) electrons. The average molecular weight is 386 g/mol. The maximum atomic E-state index is 12.6. The van der Waals surface area contributed by atoms with Gasteiger partial charge in [0.05, 0.1) is 18.8 Å². The standard InChI is InChI=1S/C20H26N4O4/c1-20(2,3)28-19(26)24-15(13-9-6-5-7-10-13)16(18(25)27-4)23-17-14(21)11-8-12-22-17/h5-12,15-16H,21H2,1-4H3,(H,22,23)(H,24,26)/t15-,16-/m1/s1. The van der Waals surface area contributed by atoms with Crippen molar-refractivity contribution in [2.75, 3.05) is 18.2 Å². The fraction of sp³-hybridized carbons (Fsp3) is 0.350. The fourth-order valence-corrected chi connectivity index (χ4v) is 2.54. The number of nitrogens with two attached hydrogens (primary N) is 1. The zero-order valence-corrected chi connectivity index (χ0v) is 16.4. The third kappa shape index (κ3) is 5.87. The monoisotopic (exact) mass is 386 g/mol. The largest absolute Gasteiger partial charge is 0.467 e. The van der Waals surface area contributed by atoms with Crippen LogP contribution in [-0.4, -0.2) is 35.8 Å². The van der Waals surface area contributed by atoms with Gasteiger partial charge in [0.25, 0.3) is 0 Å². The van der Waals surface area contributed by atoms with E-state index in [9.17, 15) is 9.59 Å². The number of amides is 1. The van der Waals surface area contributed by atoms with Gasteiger partial charge in [-0.2, -0.15) is 0 Å². The molecule has 0 aliphatic rings. The van der Waals surface area contributed by atoms with E-state index in [2.05, 4.69) is 15.6 Å². The summed E-state index contributed by atoms with van der Waals surface area (Å²) in [5.74, 6) is -0.278. The highest BCUT2D eigenvalue weighted by atomic mass is 16.6. The molecule has 0 spiro atoms. The number of carbonyl (C=O) groups is 2. The van der Waals surface area contributed by atoms with Crippen LogP contribution in [0.3, 0.4) is 0 Å². The van der Waals surface area contributed by atoms with E-state index in [-0.39, 0.29) is 0 Å². The molecule has 0 unspecified atom stereocenters. The number of anilines is 2. The molecule has 8 heteroatoms. The Bertz CT molecular complexity index is 805. The van der Waals surface area contributed by atoms with Gasteiger partial charge < -0.3 is 25.8 Å². The first-order valence-corrected chi connectivity index (χ1v) is 8.80. The fourth-order valence-electron chi connectivity index (χ4n) is 2.54. The number of ether oxygens (including phenoxy) is 2. The predicted octanol–water partition coefficient (Wildman–Crippen LogP) is 2.88. The van der Waals surface area contributed by atoms with Crippen LogP contribution in [0.2, 0.25) is 0 Å². The highest BCUT2D eigenvalue weighted by Crippen LogP contribution is 2.24. The second-order valence-electron chi connectivity index (χ2n) is 7.12. The zero-order valence-electron chi connectivity index (χ0n) is 16.4. The Morgan fingerprint density at radius 2 is 1.79 bits per heavy atom. The van der Waals surface area contributed by atoms with Crippen molar-refractivity contribution in [1.29, 1.82) is 0 Å². The Hall–Kier alpha value is -3.29. The van der Waals surface area contributed by atoms with E-state index in [4.69, 9.17) is 15.2 Å². The van der Waals surface area contributed by atoms with Crippen molar-refractivity contribution in [3.8, 4) is 0 Å². The first-order chi connectivity index (χ1) is 13.2. The van der Waals surface area contributed by atoms with Gasteiger partial charge in [-0.05, 0) is 38.5 Å². The minimum atomic E-state index is -0.989. The molecule has 28 heavy (non-hydrogen) atoms. The van der Waals surface area contributed by atoms with Gasteiger partial charge in [0, 0.05) is 6.20 Å². The van der Waals surface area contributed by atoms with Gasteiger partial charge in [0.1, 0.15) is 11.4 Å². The number of carbonyl (C=O) groups excluding carboxylic acids is 2. The molecular weight excluding hydrogens is 360 g/mol. The number of methoxy groups -OCH3 is 1. The van der Waals surface area contributed by atoms with Crippen LogP contribution in [0.25, 0.3) is 0 Å². The van der Waals surface area contributed by atoms with Crippen molar-refractivity contribution < 1.29 is 19.1 Å². The molecule has 150 valence electrons. The number of nitrogen functional groups attached to an aromatic ring is 1. The summed E-state index contributed by atoms with van der Waals surface area (Å²) in [5.41, 5.74) is 6.30. The lowest BCUT2D eigenvalue weighted by molar-refractivity contribution is -0.142. The topological polar surface area (TPSA) is 116 Å². The van der Waals surface area contributed by atoms with E-state index in [0.29, 0.717) is 17.1 Å². The average Bonchev–Trinajstić information content (AvgIpc) is 2.64. The molecule has 2 atom stereocenters. The van der Waals surface area contributed by atoms with Crippen LogP contribution in [0.4, 0.5) is 16.3 Å². The number of benzene rings is 1. The van der Waals surface area contributed by atoms with E-state index in [1.807, 2.05) is 18.2 Å². The van der Waals surface area contributed by atoms with Gasteiger partial charge in [-0.3, -0.25) is 0 Å². The summed E-state index contributed by atoms with van der Waals surface area (Å²) in [4.78, 5) is 29.1. The Kier molecular flexibility index (Phi) is 6.81. The molecule has 8 nitrogen and oxygen atoms in total. The van der Waals surface area contributed by atoms with E-state index in [0.717, 1.165) is 0 Å². The lowest BCUT2D eigenvalue weighted by Crippen LogP contribution is -2.46. The van der Waals surface area contributed by atoms with Gasteiger partial charge in [-0.15, -0.1) is 0 Å². The van der Waals surface area contributed by atoms with E-state index in [1.54, 1.807) is 51.2 Å². The van der Waals surface area contributed by atoms with Crippen LogP contribution in [-0.2, 0) is 14.3 Å². The number of hydrogen-bond donors (Lipinski definition) is 3. The molecule has 0 aliphatic carbocycles. The summed E-state index contributed by atoms with van der Waals surface area (Å²) in [6.45, 7) is 5.28. The summed E-state index contributed by atoms with van der Waals surface area (Å²) >= 11 is 0. The SMILES string of the molecule is COC(=O)[C@H](Nc1ncccc1N)[C@H](NC(=O)OC(C)(C)C)c1ccccc1. The molecule has 2 rings (SSSR count). The van der Waals surface area contributed by atoms with Gasteiger partial charge in [-0.1, -0.05) is 30.3 Å². The van der Waals surface area contributed by atoms with E-state index in [1.165, 1.54) is 7.11 Å². The lowest BCUT2D eigenvalue weighted by atomic mass is 9.99. The number of nitrogens with zero attached hydrogens (tertiary/aromatic N) is 1. The molecular formula is C20H26N4O4. The Labute approximate surface area is 164 Å². The third-order valence-electron chi connectivity index (χ3n) is 3.75. The van der Waals surface area contributed by atoms with Crippen LogP contribution in [0, 0.1) is 0 Å². The molecule has 0 bridgehead atoms. The number of hydrogen-bond acceptors (Lipinski definition) is 7. The third-order valence-corrected chi connectivity index (χ3v) is 3.75. The molecule has 4 N–H and O–H groups in total. The first kappa shape index (κ1) is 21.0. The van der Waals surface area contributed by atoms with Gasteiger partial charge in [0.2, 0.25) is 0 Å². The van der Waals surface area contributed by atoms with Gasteiger partial charge >= 0.3 is 12.1 Å². The normalized spacial score (nSPS) is 13.1. The Balaban J connectivity index is 2.39. The van der Waals surface area contributed by atoms with Crippen LogP contribution in [0.15, 0.2) is 48.7 Å². The molecule has 0 saturated carbocycles. The Morgan fingerprint density at radius 3 is 2.36 bits per heavy atom. The van der Waals surface area contributed by atoms with Crippen LogP contribution in [0.1, 0.15) is 32.4 Å². The van der Waals surface area contributed by atoms with Crippen molar-refractivity contribution >= 4 is 23.6 Å². The molecule has 1 heterocycles. The Morgan fingerprint density at radius 1 is 1.11 bits per heavy atom. The highest BCUT2D eigenvalue weighted by molar-refractivity contribution is 5.82. The smallest absolute Gasteiger partial charge is 0.408 e. The van der Waals surface area contributed by atoms with E-state index >= 15 is 0 Å². The number of rotatable bonds is 6. The number of pyridine rings is 1. The van der Waals surface area contributed by atoms with Crippen LogP contribution < -0.4 is 16.4 Å². The van der Waals surface area contributed by atoms with Crippen LogP contribution >= 0.6 is 0 Å². The minimum Gasteiger partial charge on any atom is -0.467 e. The summed E-state index contributed by atoms with van der Waals surface area (Å²) in [6.07, 6.45) is 0.886. The quantitative estimate of drug-likeness (QED) is 0.654. The molecule has 0 aliphatic heterocycles. The maximum Gasteiger partial charge on any atom is 0.408 e. The molecule has 2 aromatic rings. The van der Waals surface area contributed by atoms with Crippen molar-refractivity contribution in [3.05, 3.63) is 54.2 Å². The predicted molar refractivity (Wildman–Crippen MR) is 107 cm³/mol. The molecule has 0 saturated heterocycles. The second-order valence-corrected chi connectivity index (χ2v) is 7.12. The molecule has 1 aromatic heterocycles. The lowest BCUT2D eigenvalue weighted by Gasteiger charge is -2.29. The second kappa shape index (κ2) is 9.07. The van der Waals surface area contributed by atoms with Crippen LogP contribution in [0.5, 0.6) is 0 Å². The number of alkyl carbamates (subject to hydrolysis) is 1. The zero-order chi connectivity index (χ0) is 20.7. The summed E-state index contributed by atoms with van der Waals surface area (Å²) in [6, 6.07) is 10.6. The summed E-state index contributed by atoms with van der Waals surface area (Å²) in [5, 5.41) is 5.74. The first-order valence-electron chi connectivity index (χ1n) is 8.80. The maximum absolute atomic E-state index is 12.6. The van der Waals surface area contributed by atoms with E-state index < -0.39 is 29.7 Å². The number of esters is 1. The molecule has 0 fully saturated rings. The summed E-state index contributed by atoms with van der Waals surface area (Å²) in [7, 11) is 1.27. The van der Waals surface area contributed by atoms with Gasteiger partial charge in [-0.25, -0.2) is 14.6 Å². The molecule has 1 aromatic carbocycles.